The molecule has 1 heterocycles. The number of aromatic nitrogens is 1. The number of hydrogen-bond donors (Lipinski definition) is 1. The third-order valence-corrected chi connectivity index (χ3v) is 3.45. The van der Waals surface area contributed by atoms with Gasteiger partial charge in [-0.05, 0) is 38.3 Å². The summed E-state index contributed by atoms with van der Waals surface area (Å²) in [6.45, 7) is 5.58. The molecule has 1 aromatic heterocycles. The van der Waals surface area contributed by atoms with Crippen LogP contribution in [-0.4, -0.2) is 16.2 Å². The van der Waals surface area contributed by atoms with Crippen LogP contribution in [0.1, 0.15) is 34.1 Å². The van der Waals surface area contributed by atoms with Crippen LogP contribution in [0, 0.1) is 20.8 Å². The Morgan fingerprint density at radius 2 is 2.00 bits per heavy atom. The summed E-state index contributed by atoms with van der Waals surface area (Å²) in [6.07, 6.45) is 0.404. The van der Waals surface area contributed by atoms with Gasteiger partial charge in [0.2, 0.25) is 0 Å². The van der Waals surface area contributed by atoms with Crippen molar-refractivity contribution < 1.29 is 14.4 Å². The number of aryl methyl sites for hydroxylation is 3. The molecule has 0 saturated carbocycles. The van der Waals surface area contributed by atoms with Crippen molar-refractivity contribution in [2.45, 2.75) is 33.1 Å². The average molecular weight is 259 g/mol. The molecule has 0 spiro atoms. The van der Waals surface area contributed by atoms with Gasteiger partial charge in [0.05, 0.1) is 11.6 Å². The highest BCUT2D eigenvalue weighted by atomic mass is 16.5. The molecule has 19 heavy (non-hydrogen) atoms. The van der Waals surface area contributed by atoms with E-state index in [1.54, 1.807) is 0 Å². The van der Waals surface area contributed by atoms with Gasteiger partial charge in [-0.3, -0.25) is 4.79 Å². The molecule has 0 bridgehead atoms. The summed E-state index contributed by atoms with van der Waals surface area (Å²) >= 11 is 0. The molecule has 2 aromatic rings. The second-order valence-corrected chi connectivity index (χ2v) is 4.75. The second-order valence-electron chi connectivity index (χ2n) is 4.75. The quantitative estimate of drug-likeness (QED) is 0.916. The van der Waals surface area contributed by atoms with Gasteiger partial charge < -0.3 is 9.63 Å². The molecule has 1 N–H and O–H groups in total. The van der Waals surface area contributed by atoms with Crippen LogP contribution in [0.15, 0.2) is 28.8 Å². The Bertz CT molecular complexity index is 582. The van der Waals surface area contributed by atoms with Crippen molar-refractivity contribution in [2.24, 2.45) is 0 Å². The molecule has 1 aromatic carbocycles. The molecule has 0 fully saturated rings. The number of carboxylic acids is 1. The second kappa shape index (κ2) is 5.26. The zero-order valence-corrected chi connectivity index (χ0v) is 11.3. The number of nitrogens with zero attached hydrogens (tertiary/aromatic N) is 1. The molecule has 4 heteroatoms. The minimum atomic E-state index is -0.825. The topological polar surface area (TPSA) is 63.3 Å². The fraction of sp³-hybridized carbons (Fsp3) is 0.333. The van der Waals surface area contributed by atoms with Gasteiger partial charge in [-0.2, -0.15) is 0 Å². The van der Waals surface area contributed by atoms with Crippen LogP contribution >= 0.6 is 0 Å². The Labute approximate surface area is 112 Å². The third-order valence-electron chi connectivity index (χ3n) is 3.45. The van der Waals surface area contributed by atoms with Gasteiger partial charge >= 0.3 is 5.97 Å². The van der Waals surface area contributed by atoms with Gasteiger partial charge in [0.25, 0.3) is 0 Å². The van der Waals surface area contributed by atoms with Crippen LogP contribution in [0.2, 0.25) is 0 Å². The monoisotopic (exact) mass is 259 g/mol. The number of hydrogen-bond acceptors (Lipinski definition) is 3. The Morgan fingerprint density at radius 1 is 1.32 bits per heavy atom. The van der Waals surface area contributed by atoms with Gasteiger partial charge in [-0.1, -0.05) is 29.4 Å². The Kier molecular flexibility index (Phi) is 3.69. The Hall–Kier alpha value is -2.10. The van der Waals surface area contributed by atoms with Crippen molar-refractivity contribution in [3.8, 4) is 0 Å². The van der Waals surface area contributed by atoms with E-state index < -0.39 is 11.9 Å². The molecular formula is C15H17NO3. The van der Waals surface area contributed by atoms with E-state index in [-0.39, 0.29) is 0 Å². The summed E-state index contributed by atoms with van der Waals surface area (Å²) in [4.78, 5) is 11.5. The van der Waals surface area contributed by atoms with Crippen molar-refractivity contribution in [3.63, 3.8) is 0 Å². The average Bonchev–Trinajstić information content (AvgIpc) is 2.67. The van der Waals surface area contributed by atoms with Crippen LogP contribution in [-0.2, 0) is 11.2 Å². The van der Waals surface area contributed by atoms with Gasteiger partial charge in [-0.15, -0.1) is 0 Å². The van der Waals surface area contributed by atoms with E-state index in [9.17, 15) is 9.90 Å². The molecular weight excluding hydrogens is 242 g/mol. The first-order valence-electron chi connectivity index (χ1n) is 6.20. The predicted molar refractivity (Wildman–Crippen MR) is 71.2 cm³/mol. The maximum absolute atomic E-state index is 11.5. The van der Waals surface area contributed by atoms with Crippen LogP contribution in [0.25, 0.3) is 0 Å². The maximum atomic E-state index is 11.5. The molecule has 1 unspecified atom stereocenters. The van der Waals surface area contributed by atoms with Crippen molar-refractivity contribution >= 4 is 5.97 Å². The van der Waals surface area contributed by atoms with Crippen molar-refractivity contribution in [1.29, 1.82) is 0 Å². The van der Waals surface area contributed by atoms with E-state index in [0.29, 0.717) is 12.2 Å². The third kappa shape index (κ3) is 2.67. The maximum Gasteiger partial charge on any atom is 0.311 e. The first kappa shape index (κ1) is 13.3. The van der Waals surface area contributed by atoms with Crippen molar-refractivity contribution in [1.82, 2.24) is 5.16 Å². The predicted octanol–water partition coefficient (Wildman–Crippen LogP) is 3.01. The van der Waals surface area contributed by atoms with Gasteiger partial charge in [0.1, 0.15) is 5.76 Å². The van der Waals surface area contributed by atoms with Crippen LogP contribution in [0.3, 0.4) is 0 Å². The fourth-order valence-corrected chi connectivity index (χ4v) is 2.31. The van der Waals surface area contributed by atoms with E-state index in [2.05, 4.69) is 5.16 Å². The highest BCUT2D eigenvalue weighted by Crippen LogP contribution is 2.27. The standard InChI is InChI=1S/C15H17NO3/c1-9-6-4-5-7-12(9)14(15(17)18)8-13-10(2)16-19-11(13)3/h4-7,14H,8H2,1-3H3,(H,17,18). The number of benzene rings is 1. The molecule has 100 valence electrons. The summed E-state index contributed by atoms with van der Waals surface area (Å²) in [7, 11) is 0. The number of rotatable bonds is 4. The minimum Gasteiger partial charge on any atom is -0.481 e. The van der Waals surface area contributed by atoms with E-state index >= 15 is 0 Å². The van der Waals surface area contributed by atoms with E-state index in [0.717, 1.165) is 22.4 Å². The van der Waals surface area contributed by atoms with Crippen LogP contribution < -0.4 is 0 Å². The Balaban J connectivity index is 2.38. The summed E-state index contributed by atoms with van der Waals surface area (Å²) < 4.78 is 5.10. The van der Waals surface area contributed by atoms with Crippen molar-refractivity contribution in [2.75, 3.05) is 0 Å². The van der Waals surface area contributed by atoms with Crippen LogP contribution in [0.4, 0.5) is 0 Å². The molecule has 0 amide bonds. The highest BCUT2D eigenvalue weighted by molar-refractivity contribution is 5.77. The number of aliphatic carboxylic acids is 1. The molecule has 0 saturated heterocycles. The molecule has 1 atom stereocenters. The number of carboxylic acid groups (broad SMARTS) is 1. The fourth-order valence-electron chi connectivity index (χ4n) is 2.31. The van der Waals surface area contributed by atoms with Gasteiger partial charge in [-0.25, -0.2) is 0 Å². The molecule has 2 rings (SSSR count). The van der Waals surface area contributed by atoms with Gasteiger partial charge in [0.15, 0.2) is 0 Å². The van der Waals surface area contributed by atoms with E-state index in [1.807, 2.05) is 45.0 Å². The molecule has 0 aliphatic carbocycles. The molecule has 0 aliphatic heterocycles. The van der Waals surface area contributed by atoms with E-state index in [1.165, 1.54) is 0 Å². The zero-order chi connectivity index (χ0) is 14.0. The zero-order valence-electron chi connectivity index (χ0n) is 11.3. The first-order valence-corrected chi connectivity index (χ1v) is 6.20. The van der Waals surface area contributed by atoms with E-state index in [4.69, 9.17) is 4.52 Å². The first-order chi connectivity index (χ1) is 9.00. The minimum absolute atomic E-state index is 0.404. The Morgan fingerprint density at radius 3 is 2.53 bits per heavy atom. The SMILES string of the molecule is Cc1ccccc1C(Cc1c(C)noc1C)C(=O)O. The summed E-state index contributed by atoms with van der Waals surface area (Å²) in [5, 5.41) is 13.4. The normalized spacial score (nSPS) is 12.4. The van der Waals surface area contributed by atoms with Gasteiger partial charge in [0, 0.05) is 5.56 Å². The smallest absolute Gasteiger partial charge is 0.311 e. The van der Waals surface area contributed by atoms with Crippen molar-refractivity contribution in [3.05, 3.63) is 52.4 Å². The summed E-state index contributed by atoms with van der Waals surface area (Å²) in [6, 6.07) is 7.57. The lowest BCUT2D eigenvalue weighted by molar-refractivity contribution is -0.138. The summed E-state index contributed by atoms with van der Waals surface area (Å²) in [5.74, 6) is -0.704. The molecule has 0 aliphatic rings. The largest absolute Gasteiger partial charge is 0.481 e. The lowest BCUT2D eigenvalue weighted by Gasteiger charge is -2.15. The lowest BCUT2D eigenvalue weighted by atomic mass is 9.89. The lowest BCUT2D eigenvalue weighted by Crippen LogP contribution is -2.16. The molecule has 4 nitrogen and oxygen atoms in total. The highest BCUT2D eigenvalue weighted by Gasteiger charge is 2.24. The van der Waals surface area contributed by atoms with Crippen LogP contribution in [0.5, 0.6) is 0 Å². The summed E-state index contributed by atoms with van der Waals surface area (Å²) in [5.41, 5.74) is 3.48. The molecule has 0 radical (unpaired) electrons. The number of carbonyl (C=O) groups is 1.